The van der Waals surface area contributed by atoms with Gasteiger partial charge >= 0.3 is 0 Å². The molecular formula is C13H18FNO2. The van der Waals surface area contributed by atoms with Crippen LogP contribution in [0.25, 0.3) is 0 Å². The molecule has 2 unspecified atom stereocenters. The summed E-state index contributed by atoms with van der Waals surface area (Å²) >= 11 is 0. The van der Waals surface area contributed by atoms with Crippen LogP contribution in [0.15, 0.2) is 18.2 Å². The number of hydrogen-bond acceptors (Lipinski definition) is 3. The van der Waals surface area contributed by atoms with E-state index < -0.39 is 0 Å². The highest BCUT2D eigenvalue weighted by molar-refractivity contribution is 5.29. The highest BCUT2D eigenvalue weighted by Crippen LogP contribution is 2.18. The molecule has 94 valence electrons. The molecule has 0 spiro atoms. The molecule has 1 aromatic carbocycles. The molecule has 0 amide bonds. The number of rotatable bonds is 4. The lowest BCUT2D eigenvalue weighted by atomic mass is 10.1. The molecule has 17 heavy (non-hydrogen) atoms. The summed E-state index contributed by atoms with van der Waals surface area (Å²) in [5.41, 5.74) is 0.919. The molecule has 0 aliphatic carbocycles. The van der Waals surface area contributed by atoms with E-state index in [-0.39, 0.29) is 17.7 Å². The van der Waals surface area contributed by atoms with Gasteiger partial charge in [0.25, 0.3) is 0 Å². The van der Waals surface area contributed by atoms with E-state index in [9.17, 15) is 4.39 Å². The van der Waals surface area contributed by atoms with E-state index in [1.165, 1.54) is 13.2 Å². The van der Waals surface area contributed by atoms with Crippen LogP contribution in [-0.2, 0) is 11.3 Å². The van der Waals surface area contributed by atoms with Gasteiger partial charge in [0.05, 0.1) is 13.2 Å². The Morgan fingerprint density at radius 3 is 2.94 bits per heavy atom. The number of hydrogen-bond donors (Lipinski definition) is 1. The zero-order valence-electron chi connectivity index (χ0n) is 10.2. The maximum absolute atomic E-state index is 13.5. The Balaban J connectivity index is 1.92. The van der Waals surface area contributed by atoms with Crippen molar-refractivity contribution < 1.29 is 13.9 Å². The van der Waals surface area contributed by atoms with E-state index in [4.69, 9.17) is 9.47 Å². The first-order chi connectivity index (χ1) is 8.20. The monoisotopic (exact) mass is 239 g/mol. The molecule has 0 saturated carbocycles. The van der Waals surface area contributed by atoms with Crippen LogP contribution in [0.4, 0.5) is 4.39 Å². The average molecular weight is 239 g/mol. The van der Waals surface area contributed by atoms with Crippen molar-refractivity contribution in [2.45, 2.75) is 32.0 Å². The van der Waals surface area contributed by atoms with Gasteiger partial charge in [0.1, 0.15) is 0 Å². The second-order valence-corrected chi connectivity index (χ2v) is 4.32. The second kappa shape index (κ2) is 5.47. The van der Waals surface area contributed by atoms with Crippen LogP contribution in [0.5, 0.6) is 5.75 Å². The molecule has 1 N–H and O–H groups in total. The molecule has 0 radical (unpaired) electrons. The summed E-state index contributed by atoms with van der Waals surface area (Å²) in [7, 11) is 1.47. The Morgan fingerprint density at radius 2 is 2.35 bits per heavy atom. The first-order valence-corrected chi connectivity index (χ1v) is 5.88. The molecule has 1 saturated heterocycles. The number of nitrogens with one attached hydrogen (secondary N) is 1. The number of ether oxygens (including phenoxy) is 2. The fourth-order valence-electron chi connectivity index (χ4n) is 2.07. The van der Waals surface area contributed by atoms with E-state index in [1.54, 1.807) is 6.07 Å². The molecule has 1 aliphatic heterocycles. The summed E-state index contributed by atoms with van der Waals surface area (Å²) in [5, 5.41) is 3.38. The summed E-state index contributed by atoms with van der Waals surface area (Å²) in [6.07, 6.45) is 1.25. The minimum absolute atomic E-state index is 0.234. The quantitative estimate of drug-likeness (QED) is 0.872. The molecule has 2 atom stereocenters. The van der Waals surface area contributed by atoms with Crippen LogP contribution >= 0.6 is 0 Å². The molecule has 2 rings (SSSR count). The number of methoxy groups -OCH3 is 1. The smallest absolute Gasteiger partial charge is 0.165 e. The topological polar surface area (TPSA) is 30.5 Å². The molecule has 0 bridgehead atoms. The molecular weight excluding hydrogens is 221 g/mol. The van der Waals surface area contributed by atoms with E-state index in [0.717, 1.165) is 18.6 Å². The molecule has 1 aliphatic rings. The van der Waals surface area contributed by atoms with Gasteiger partial charge in [0.15, 0.2) is 11.6 Å². The van der Waals surface area contributed by atoms with Gasteiger partial charge in [-0.1, -0.05) is 6.07 Å². The largest absolute Gasteiger partial charge is 0.494 e. The van der Waals surface area contributed by atoms with Crippen molar-refractivity contribution in [1.82, 2.24) is 5.32 Å². The van der Waals surface area contributed by atoms with Gasteiger partial charge in [-0.3, -0.25) is 0 Å². The number of halogens is 1. The Bertz CT molecular complexity index is 384. The minimum atomic E-state index is -0.317. The third-order valence-electron chi connectivity index (χ3n) is 3.16. The average Bonchev–Trinajstić information content (AvgIpc) is 2.72. The first-order valence-electron chi connectivity index (χ1n) is 5.88. The fraction of sp³-hybridized carbons (Fsp3) is 0.538. The first kappa shape index (κ1) is 12.3. The summed E-state index contributed by atoms with van der Waals surface area (Å²) in [4.78, 5) is 0. The SMILES string of the molecule is COc1ccc(CNC2CCOC2C)cc1F. The van der Waals surface area contributed by atoms with Crippen LogP contribution < -0.4 is 10.1 Å². The van der Waals surface area contributed by atoms with Gasteiger partial charge in [-0.2, -0.15) is 0 Å². The predicted octanol–water partition coefficient (Wildman–Crippen LogP) is 2.10. The Labute approximate surface area is 101 Å². The lowest BCUT2D eigenvalue weighted by Crippen LogP contribution is -2.34. The van der Waals surface area contributed by atoms with Crippen molar-refractivity contribution in [2.75, 3.05) is 13.7 Å². The normalized spacial score (nSPS) is 23.9. The Kier molecular flexibility index (Phi) is 3.97. The minimum Gasteiger partial charge on any atom is -0.494 e. The standard InChI is InChI=1S/C13H18FNO2/c1-9-12(5-6-17-9)15-8-10-3-4-13(16-2)11(14)7-10/h3-4,7,9,12,15H,5-6,8H2,1-2H3. The maximum atomic E-state index is 13.5. The van der Waals surface area contributed by atoms with Crippen LogP contribution in [-0.4, -0.2) is 25.9 Å². The van der Waals surface area contributed by atoms with Gasteiger partial charge in [0, 0.05) is 19.2 Å². The van der Waals surface area contributed by atoms with Gasteiger partial charge in [-0.05, 0) is 31.0 Å². The van der Waals surface area contributed by atoms with Crippen LogP contribution in [0.3, 0.4) is 0 Å². The lowest BCUT2D eigenvalue weighted by molar-refractivity contribution is 0.113. The van der Waals surface area contributed by atoms with E-state index in [0.29, 0.717) is 12.6 Å². The number of benzene rings is 1. The summed E-state index contributed by atoms with van der Waals surface area (Å²) in [5.74, 6) is -0.0335. The molecule has 1 fully saturated rings. The molecule has 1 aromatic rings. The zero-order chi connectivity index (χ0) is 12.3. The lowest BCUT2D eigenvalue weighted by Gasteiger charge is -2.16. The van der Waals surface area contributed by atoms with Gasteiger partial charge in [-0.15, -0.1) is 0 Å². The maximum Gasteiger partial charge on any atom is 0.165 e. The van der Waals surface area contributed by atoms with Crippen molar-refractivity contribution in [3.8, 4) is 5.75 Å². The van der Waals surface area contributed by atoms with Crippen molar-refractivity contribution >= 4 is 0 Å². The van der Waals surface area contributed by atoms with Crippen LogP contribution in [0.1, 0.15) is 18.9 Å². The van der Waals surface area contributed by atoms with Crippen molar-refractivity contribution in [1.29, 1.82) is 0 Å². The van der Waals surface area contributed by atoms with Crippen molar-refractivity contribution in [2.24, 2.45) is 0 Å². The molecule has 0 aromatic heterocycles. The molecule has 4 heteroatoms. The van der Waals surface area contributed by atoms with Crippen LogP contribution in [0.2, 0.25) is 0 Å². The van der Waals surface area contributed by atoms with Gasteiger partial charge in [0.2, 0.25) is 0 Å². The van der Waals surface area contributed by atoms with E-state index in [2.05, 4.69) is 12.2 Å². The Morgan fingerprint density at radius 1 is 1.53 bits per heavy atom. The van der Waals surface area contributed by atoms with Gasteiger partial charge < -0.3 is 14.8 Å². The van der Waals surface area contributed by atoms with Crippen LogP contribution in [0, 0.1) is 5.82 Å². The van der Waals surface area contributed by atoms with E-state index >= 15 is 0 Å². The molecule has 1 heterocycles. The second-order valence-electron chi connectivity index (χ2n) is 4.32. The summed E-state index contributed by atoms with van der Waals surface area (Å²) in [6.45, 7) is 3.51. The Hall–Kier alpha value is -1.13. The predicted molar refractivity (Wildman–Crippen MR) is 63.6 cm³/mol. The van der Waals surface area contributed by atoms with E-state index in [1.807, 2.05) is 6.07 Å². The van der Waals surface area contributed by atoms with Gasteiger partial charge in [-0.25, -0.2) is 4.39 Å². The third-order valence-corrected chi connectivity index (χ3v) is 3.16. The zero-order valence-corrected chi connectivity index (χ0v) is 10.2. The molecule has 3 nitrogen and oxygen atoms in total. The third kappa shape index (κ3) is 2.96. The van der Waals surface area contributed by atoms with Crippen molar-refractivity contribution in [3.63, 3.8) is 0 Å². The summed E-state index contributed by atoms with van der Waals surface area (Å²) < 4.78 is 23.8. The summed E-state index contributed by atoms with van der Waals surface area (Å²) in [6, 6.07) is 5.39. The highest BCUT2D eigenvalue weighted by Gasteiger charge is 2.23. The fourth-order valence-corrected chi connectivity index (χ4v) is 2.07. The van der Waals surface area contributed by atoms with Crippen molar-refractivity contribution in [3.05, 3.63) is 29.6 Å². The highest BCUT2D eigenvalue weighted by atomic mass is 19.1.